The summed E-state index contributed by atoms with van der Waals surface area (Å²) in [7, 11) is 0. The normalized spacial score (nSPS) is 10.8. The standard InChI is InChI=1S/C20H20N2OS/c1-14-7-9-17(13-15(14)2)21-19(23)11-12-24-20-10-8-16-5-3-4-6-18(16)22-20/h3-10,13H,11-12H2,1-2H3,(H,21,23). The van der Waals surface area contributed by atoms with Crippen molar-refractivity contribution in [3.05, 3.63) is 65.7 Å². The van der Waals surface area contributed by atoms with Crippen LogP contribution in [0.1, 0.15) is 17.5 Å². The second-order valence-electron chi connectivity index (χ2n) is 5.79. The molecule has 0 aliphatic heterocycles. The molecule has 1 aromatic heterocycles. The average molecular weight is 336 g/mol. The minimum absolute atomic E-state index is 0.0338. The van der Waals surface area contributed by atoms with Gasteiger partial charge < -0.3 is 5.32 Å². The van der Waals surface area contributed by atoms with Crippen LogP contribution in [0.5, 0.6) is 0 Å². The van der Waals surface area contributed by atoms with E-state index in [1.165, 1.54) is 11.1 Å². The molecule has 3 rings (SSSR count). The molecule has 0 bridgehead atoms. The molecule has 1 heterocycles. The van der Waals surface area contributed by atoms with Gasteiger partial charge >= 0.3 is 0 Å². The van der Waals surface area contributed by atoms with Crippen LogP contribution in [0, 0.1) is 13.8 Å². The van der Waals surface area contributed by atoms with Crippen molar-refractivity contribution in [2.75, 3.05) is 11.1 Å². The van der Waals surface area contributed by atoms with Gasteiger partial charge in [0, 0.05) is 23.2 Å². The first kappa shape index (κ1) is 16.5. The molecular weight excluding hydrogens is 316 g/mol. The average Bonchev–Trinajstić information content (AvgIpc) is 2.58. The molecule has 4 heteroatoms. The highest BCUT2D eigenvalue weighted by Gasteiger charge is 2.05. The Balaban J connectivity index is 1.53. The molecule has 0 radical (unpaired) electrons. The van der Waals surface area contributed by atoms with Gasteiger partial charge in [-0.2, -0.15) is 0 Å². The van der Waals surface area contributed by atoms with Crippen molar-refractivity contribution < 1.29 is 4.79 Å². The third kappa shape index (κ3) is 4.15. The van der Waals surface area contributed by atoms with Crippen molar-refractivity contribution >= 4 is 34.3 Å². The smallest absolute Gasteiger partial charge is 0.225 e. The minimum atomic E-state index is 0.0338. The number of hydrogen-bond acceptors (Lipinski definition) is 3. The lowest BCUT2D eigenvalue weighted by Crippen LogP contribution is -2.12. The maximum Gasteiger partial charge on any atom is 0.225 e. The molecule has 3 aromatic rings. The molecule has 3 nitrogen and oxygen atoms in total. The van der Waals surface area contributed by atoms with Gasteiger partial charge in [-0.15, -0.1) is 11.8 Å². The summed E-state index contributed by atoms with van der Waals surface area (Å²) in [5.74, 6) is 0.744. The van der Waals surface area contributed by atoms with E-state index in [9.17, 15) is 4.79 Å². The van der Waals surface area contributed by atoms with Gasteiger partial charge in [0.1, 0.15) is 0 Å². The topological polar surface area (TPSA) is 42.0 Å². The summed E-state index contributed by atoms with van der Waals surface area (Å²) in [5, 5.41) is 5.04. The number of aryl methyl sites for hydroxylation is 2. The molecule has 0 atom stereocenters. The molecule has 0 aliphatic rings. The van der Waals surface area contributed by atoms with Gasteiger partial charge in [-0.05, 0) is 49.2 Å². The molecule has 0 saturated heterocycles. The van der Waals surface area contributed by atoms with Crippen LogP contribution < -0.4 is 5.32 Å². The maximum absolute atomic E-state index is 12.1. The Bertz CT molecular complexity index is 876. The number of carbonyl (C=O) groups is 1. The molecule has 2 aromatic carbocycles. The summed E-state index contributed by atoms with van der Waals surface area (Å²) in [6.07, 6.45) is 0.464. The zero-order chi connectivity index (χ0) is 16.9. The number of para-hydroxylation sites is 1. The number of pyridine rings is 1. The Morgan fingerprint density at radius 3 is 2.71 bits per heavy atom. The van der Waals surface area contributed by atoms with E-state index < -0.39 is 0 Å². The summed E-state index contributed by atoms with van der Waals surface area (Å²) in [4.78, 5) is 16.7. The fourth-order valence-electron chi connectivity index (χ4n) is 2.42. The fraction of sp³-hybridized carbons (Fsp3) is 0.200. The Kier molecular flexibility index (Phi) is 5.16. The first-order chi connectivity index (χ1) is 11.6. The second kappa shape index (κ2) is 7.49. The number of anilines is 1. The van der Waals surface area contributed by atoms with E-state index in [4.69, 9.17) is 0 Å². The zero-order valence-corrected chi connectivity index (χ0v) is 14.7. The largest absolute Gasteiger partial charge is 0.326 e. The van der Waals surface area contributed by atoms with Crippen LogP contribution in [0.25, 0.3) is 10.9 Å². The summed E-state index contributed by atoms with van der Waals surface area (Å²) < 4.78 is 0. The molecule has 1 N–H and O–H groups in total. The van der Waals surface area contributed by atoms with Crippen molar-refractivity contribution in [2.45, 2.75) is 25.3 Å². The Labute approximate surface area is 146 Å². The van der Waals surface area contributed by atoms with Crippen molar-refractivity contribution in [1.82, 2.24) is 4.98 Å². The van der Waals surface area contributed by atoms with Gasteiger partial charge in [0.15, 0.2) is 0 Å². The zero-order valence-electron chi connectivity index (χ0n) is 13.9. The second-order valence-corrected chi connectivity index (χ2v) is 6.90. The van der Waals surface area contributed by atoms with Crippen LogP contribution >= 0.6 is 11.8 Å². The number of amides is 1. The van der Waals surface area contributed by atoms with Gasteiger partial charge in [0.05, 0.1) is 10.5 Å². The molecule has 0 spiro atoms. The highest BCUT2D eigenvalue weighted by Crippen LogP contribution is 2.21. The molecule has 0 unspecified atom stereocenters. The van der Waals surface area contributed by atoms with Gasteiger partial charge in [-0.1, -0.05) is 30.3 Å². The summed E-state index contributed by atoms with van der Waals surface area (Å²) >= 11 is 1.61. The Hall–Kier alpha value is -2.33. The Morgan fingerprint density at radius 1 is 1.04 bits per heavy atom. The minimum Gasteiger partial charge on any atom is -0.326 e. The molecule has 1 amide bonds. The number of benzene rings is 2. The van der Waals surface area contributed by atoms with Crippen molar-refractivity contribution in [3.63, 3.8) is 0 Å². The SMILES string of the molecule is Cc1ccc(NC(=O)CCSc2ccc3ccccc3n2)cc1C. The van der Waals surface area contributed by atoms with Crippen LogP contribution in [0.4, 0.5) is 5.69 Å². The number of nitrogens with zero attached hydrogens (tertiary/aromatic N) is 1. The van der Waals surface area contributed by atoms with Crippen molar-refractivity contribution in [3.8, 4) is 0 Å². The molecule has 122 valence electrons. The van der Waals surface area contributed by atoms with Crippen LogP contribution in [-0.4, -0.2) is 16.6 Å². The van der Waals surface area contributed by atoms with Crippen molar-refractivity contribution in [2.24, 2.45) is 0 Å². The first-order valence-corrected chi connectivity index (χ1v) is 8.96. The lowest BCUT2D eigenvalue weighted by molar-refractivity contribution is -0.115. The number of hydrogen-bond donors (Lipinski definition) is 1. The molecule has 0 fully saturated rings. The lowest BCUT2D eigenvalue weighted by Gasteiger charge is -2.07. The highest BCUT2D eigenvalue weighted by atomic mass is 32.2. The van der Waals surface area contributed by atoms with Crippen LogP contribution in [0.3, 0.4) is 0 Å². The maximum atomic E-state index is 12.1. The van der Waals surface area contributed by atoms with Crippen LogP contribution in [0.15, 0.2) is 59.6 Å². The van der Waals surface area contributed by atoms with E-state index in [1.807, 2.05) is 55.5 Å². The summed E-state index contributed by atoms with van der Waals surface area (Å²) in [6.45, 7) is 4.11. The van der Waals surface area contributed by atoms with E-state index in [2.05, 4.69) is 23.3 Å². The summed E-state index contributed by atoms with van der Waals surface area (Å²) in [5.41, 5.74) is 4.26. The predicted molar refractivity (Wildman–Crippen MR) is 102 cm³/mol. The molecular formula is C20H20N2OS. The van der Waals surface area contributed by atoms with Crippen molar-refractivity contribution in [1.29, 1.82) is 0 Å². The van der Waals surface area contributed by atoms with E-state index in [0.29, 0.717) is 12.2 Å². The summed E-state index contributed by atoms with van der Waals surface area (Å²) in [6, 6.07) is 18.1. The Morgan fingerprint density at radius 2 is 1.88 bits per heavy atom. The number of aromatic nitrogens is 1. The number of carbonyl (C=O) groups excluding carboxylic acids is 1. The first-order valence-electron chi connectivity index (χ1n) is 7.97. The highest BCUT2D eigenvalue weighted by molar-refractivity contribution is 7.99. The monoisotopic (exact) mass is 336 g/mol. The van der Waals surface area contributed by atoms with E-state index in [0.717, 1.165) is 21.6 Å². The van der Waals surface area contributed by atoms with E-state index in [-0.39, 0.29) is 5.91 Å². The predicted octanol–water partition coefficient (Wildman–Crippen LogP) is 4.97. The molecule has 0 aliphatic carbocycles. The number of thioether (sulfide) groups is 1. The van der Waals surface area contributed by atoms with Crippen LogP contribution in [-0.2, 0) is 4.79 Å². The molecule has 24 heavy (non-hydrogen) atoms. The van der Waals surface area contributed by atoms with E-state index >= 15 is 0 Å². The van der Waals surface area contributed by atoms with Gasteiger partial charge in [-0.25, -0.2) is 4.98 Å². The van der Waals surface area contributed by atoms with Gasteiger partial charge in [0.2, 0.25) is 5.91 Å². The third-order valence-corrected chi connectivity index (χ3v) is 4.87. The number of nitrogens with one attached hydrogen (secondary N) is 1. The molecule has 0 saturated carbocycles. The number of rotatable bonds is 5. The number of fused-ring (bicyclic) bond motifs is 1. The van der Waals surface area contributed by atoms with Crippen LogP contribution in [0.2, 0.25) is 0 Å². The lowest BCUT2D eigenvalue weighted by atomic mass is 10.1. The third-order valence-electron chi connectivity index (χ3n) is 3.94. The van der Waals surface area contributed by atoms with Gasteiger partial charge in [-0.3, -0.25) is 4.79 Å². The van der Waals surface area contributed by atoms with Gasteiger partial charge in [0.25, 0.3) is 0 Å². The quantitative estimate of drug-likeness (QED) is 0.669. The van der Waals surface area contributed by atoms with E-state index in [1.54, 1.807) is 11.8 Å². The fourth-order valence-corrected chi connectivity index (χ4v) is 3.24.